The smallest absolute Gasteiger partial charge is 0.0277 e. The van der Waals surface area contributed by atoms with Crippen LogP contribution >= 0.6 is 12.6 Å². The van der Waals surface area contributed by atoms with Gasteiger partial charge in [-0.05, 0) is 21.0 Å². The van der Waals surface area contributed by atoms with Crippen LogP contribution < -0.4 is 16.0 Å². The van der Waals surface area contributed by atoms with Gasteiger partial charge in [-0.25, -0.2) is 0 Å². The third-order valence-corrected chi connectivity index (χ3v) is 2.29. The van der Waals surface area contributed by atoms with E-state index in [4.69, 9.17) is 0 Å². The Balaban J connectivity index is 3.37. The van der Waals surface area contributed by atoms with Gasteiger partial charge in [-0.1, -0.05) is 0 Å². The fourth-order valence-electron chi connectivity index (χ4n) is 0.980. The minimum Gasteiger partial charge on any atom is -0.318 e. The molecule has 0 rings (SSSR count). The molecule has 2 atom stereocenters. The maximum Gasteiger partial charge on any atom is 0.0277 e. The predicted molar refractivity (Wildman–Crippen MR) is 58.1 cm³/mol. The van der Waals surface area contributed by atoms with Crippen LogP contribution in [0.15, 0.2) is 0 Å². The van der Waals surface area contributed by atoms with Gasteiger partial charge in [-0.3, -0.25) is 0 Å². The van der Waals surface area contributed by atoms with Gasteiger partial charge in [-0.15, -0.1) is 0 Å². The molecule has 0 amide bonds. The molecule has 0 aromatic rings. The van der Waals surface area contributed by atoms with E-state index in [2.05, 4.69) is 35.5 Å². The summed E-state index contributed by atoms with van der Waals surface area (Å²) in [4.78, 5) is 0. The lowest BCUT2D eigenvalue weighted by Gasteiger charge is -2.18. The number of hydrogen-bond donors (Lipinski definition) is 4. The zero-order valence-corrected chi connectivity index (χ0v) is 9.12. The lowest BCUT2D eigenvalue weighted by molar-refractivity contribution is 0.475. The summed E-state index contributed by atoms with van der Waals surface area (Å²) in [5.74, 6) is 0.871. The van der Waals surface area contributed by atoms with Crippen molar-refractivity contribution in [3.63, 3.8) is 0 Å². The van der Waals surface area contributed by atoms with Crippen LogP contribution in [-0.4, -0.2) is 45.0 Å². The van der Waals surface area contributed by atoms with Crippen LogP contribution in [0, 0.1) is 0 Å². The Morgan fingerprint density at radius 3 is 2.33 bits per heavy atom. The Kier molecular flexibility index (Phi) is 8.01. The Hall–Kier alpha value is 0.230. The molecule has 0 saturated carbocycles. The van der Waals surface area contributed by atoms with Crippen LogP contribution in [0.25, 0.3) is 0 Å². The topological polar surface area (TPSA) is 36.1 Å². The Morgan fingerprint density at radius 1 is 1.25 bits per heavy atom. The first-order valence-electron chi connectivity index (χ1n) is 4.40. The third-order valence-electron chi connectivity index (χ3n) is 1.85. The fraction of sp³-hybridized carbons (Fsp3) is 1.00. The lowest BCUT2D eigenvalue weighted by Crippen LogP contribution is -2.44. The van der Waals surface area contributed by atoms with Crippen LogP contribution in [0.2, 0.25) is 0 Å². The third kappa shape index (κ3) is 5.83. The monoisotopic (exact) mass is 191 g/mol. The van der Waals surface area contributed by atoms with Crippen molar-refractivity contribution in [1.29, 1.82) is 0 Å². The summed E-state index contributed by atoms with van der Waals surface area (Å²) in [6, 6.07) is 0.985. The van der Waals surface area contributed by atoms with E-state index in [-0.39, 0.29) is 0 Å². The molecule has 0 radical (unpaired) electrons. The van der Waals surface area contributed by atoms with Crippen molar-refractivity contribution in [3.8, 4) is 0 Å². The quantitative estimate of drug-likeness (QED) is 0.417. The van der Waals surface area contributed by atoms with Crippen molar-refractivity contribution in [3.05, 3.63) is 0 Å². The van der Waals surface area contributed by atoms with Gasteiger partial charge in [0.1, 0.15) is 0 Å². The minimum absolute atomic E-state index is 0.465. The van der Waals surface area contributed by atoms with Crippen LogP contribution in [-0.2, 0) is 0 Å². The highest BCUT2D eigenvalue weighted by atomic mass is 32.1. The number of likely N-dealkylation sites (N-methyl/N-ethyl adjacent to an activating group) is 2. The summed E-state index contributed by atoms with van der Waals surface area (Å²) < 4.78 is 0. The lowest BCUT2D eigenvalue weighted by atomic mass is 10.3. The van der Waals surface area contributed by atoms with E-state index in [0.717, 1.165) is 18.8 Å². The van der Waals surface area contributed by atoms with Crippen LogP contribution in [0.5, 0.6) is 0 Å². The van der Waals surface area contributed by atoms with E-state index >= 15 is 0 Å². The van der Waals surface area contributed by atoms with Crippen molar-refractivity contribution < 1.29 is 0 Å². The van der Waals surface area contributed by atoms with Crippen molar-refractivity contribution in [2.45, 2.75) is 19.0 Å². The minimum atomic E-state index is 0.465. The Morgan fingerprint density at radius 2 is 1.92 bits per heavy atom. The number of thiol groups is 1. The summed E-state index contributed by atoms with van der Waals surface area (Å²) in [5.41, 5.74) is 0. The van der Waals surface area contributed by atoms with E-state index < -0.39 is 0 Å². The van der Waals surface area contributed by atoms with E-state index in [1.165, 1.54) is 0 Å². The summed E-state index contributed by atoms with van der Waals surface area (Å²) in [6.45, 7) is 4.15. The normalized spacial score (nSPS) is 16.0. The largest absolute Gasteiger partial charge is 0.318 e. The molecule has 0 saturated heterocycles. The van der Waals surface area contributed by atoms with E-state index in [9.17, 15) is 0 Å². The second-order valence-corrected chi connectivity index (χ2v) is 3.40. The summed E-state index contributed by atoms with van der Waals surface area (Å²) in [7, 11) is 3.93. The second kappa shape index (κ2) is 7.86. The summed E-state index contributed by atoms with van der Waals surface area (Å²) in [5, 5.41) is 9.73. The zero-order valence-electron chi connectivity index (χ0n) is 8.22. The van der Waals surface area contributed by atoms with E-state index in [1.807, 2.05) is 14.1 Å². The molecular formula is C8H21N3S. The first kappa shape index (κ1) is 12.2. The molecule has 0 aliphatic heterocycles. The highest BCUT2D eigenvalue weighted by Gasteiger charge is 2.04. The van der Waals surface area contributed by atoms with Gasteiger partial charge < -0.3 is 16.0 Å². The molecule has 3 N–H and O–H groups in total. The van der Waals surface area contributed by atoms with Crippen molar-refractivity contribution in [2.24, 2.45) is 0 Å². The van der Waals surface area contributed by atoms with Crippen LogP contribution in [0.3, 0.4) is 0 Å². The predicted octanol–water partition coefficient (Wildman–Crippen LogP) is -0.298. The van der Waals surface area contributed by atoms with Crippen molar-refractivity contribution >= 4 is 12.6 Å². The molecule has 3 nitrogen and oxygen atoms in total. The maximum atomic E-state index is 4.23. The van der Waals surface area contributed by atoms with Crippen LogP contribution in [0.4, 0.5) is 0 Å². The van der Waals surface area contributed by atoms with Crippen molar-refractivity contribution in [1.82, 2.24) is 16.0 Å². The average molecular weight is 191 g/mol. The number of hydrogen-bond acceptors (Lipinski definition) is 4. The highest BCUT2D eigenvalue weighted by molar-refractivity contribution is 7.80. The summed E-state index contributed by atoms with van der Waals surface area (Å²) >= 11 is 4.23. The second-order valence-electron chi connectivity index (χ2n) is 3.04. The van der Waals surface area contributed by atoms with Gasteiger partial charge in [0.05, 0.1) is 0 Å². The fourth-order valence-corrected chi connectivity index (χ4v) is 1.29. The molecule has 0 aliphatic carbocycles. The van der Waals surface area contributed by atoms with Crippen molar-refractivity contribution in [2.75, 3.05) is 32.9 Å². The molecule has 0 aromatic heterocycles. The average Bonchev–Trinajstić information content (AvgIpc) is 2.07. The number of rotatable bonds is 7. The van der Waals surface area contributed by atoms with Gasteiger partial charge >= 0.3 is 0 Å². The van der Waals surface area contributed by atoms with Gasteiger partial charge in [0.2, 0.25) is 0 Å². The van der Waals surface area contributed by atoms with Crippen LogP contribution in [0.1, 0.15) is 6.92 Å². The molecule has 0 spiro atoms. The molecule has 74 valence electrons. The Labute approximate surface area is 81.1 Å². The SMILES string of the molecule is CNC[C@H](C)NC[C@@H](CS)NC. The standard InChI is InChI=1S/C8H21N3S/c1-7(4-9-2)11-5-8(6-12)10-3/h7-12H,4-6H2,1-3H3/t7-,8-/m0/s1. The molecule has 0 aromatic carbocycles. The van der Waals surface area contributed by atoms with Gasteiger partial charge in [0.25, 0.3) is 0 Å². The van der Waals surface area contributed by atoms with E-state index in [1.54, 1.807) is 0 Å². The van der Waals surface area contributed by atoms with E-state index in [0.29, 0.717) is 12.1 Å². The van der Waals surface area contributed by atoms with Gasteiger partial charge in [0, 0.05) is 30.9 Å². The first-order chi connectivity index (χ1) is 5.74. The number of nitrogens with one attached hydrogen (secondary N) is 3. The maximum absolute atomic E-state index is 4.23. The molecule has 0 unspecified atom stereocenters. The Bertz CT molecular complexity index is 96.3. The molecule has 12 heavy (non-hydrogen) atoms. The summed E-state index contributed by atoms with van der Waals surface area (Å²) in [6.07, 6.45) is 0. The molecule has 4 heteroatoms. The zero-order chi connectivity index (χ0) is 9.40. The molecular weight excluding hydrogens is 170 g/mol. The molecule has 0 bridgehead atoms. The van der Waals surface area contributed by atoms with Gasteiger partial charge in [-0.2, -0.15) is 12.6 Å². The highest BCUT2D eigenvalue weighted by Crippen LogP contribution is 1.86. The molecule has 0 heterocycles. The molecule has 0 aliphatic rings. The first-order valence-corrected chi connectivity index (χ1v) is 5.04. The molecule has 0 fully saturated rings. The van der Waals surface area contributed by atoms with Gasteiger partial charge in [0.15, 0.2) is 0 Å².